The first-order valence-corrected chi connectivity index (χ1v) is 6.03. The van der Waals surface area contributed by atoms with E-state index in [-0.39, 0.29) is 5.75 Å². The van der Waals surface area contributed by atoms with Crippen LogP contribution in [0.4, 0.5) is 13.6 Å². The number of carbonyl (C=O) groups is 1. The number of benzene rings is 1. The van der Waals surface area contributed by atoms with Gasteiger partial charge in [0.25, 0.3) is 0 Å². The number of ether oxygens (including phenoxy) is 2. The third-order valence-corrected chi connectivity index (χ3v) is 2.48. The Morgan fingerprint density at radius 3 is 2.26 bits per heavy atom. The van der Waals surface area contributed by atoms with E-state index in [2.05, 4.69) is 16.1 Å². The predicted molar refractivity (Wildman–Crippen MR) is 58.3 cm³/mol. The molecule has 0 atom stereocenters. The van der Waals surface area contributed by atoms with Crippen molar-refractivity contribution in [1.29, 1.82) is 0 Å². The molecule has 0 N–H and O–H groups in total. The van der Waals surface area contributed by atoms with E-state index in [1.165, 1.54) is 30.3 Å². The standard InChI is InChI=1S/C10H8F2O6S/c1-2-7-3-5-8(6-4-7)17-9(13)18-10(11,12)19(14,15)16/h2-6H,1H2,(H,14,15,16)/p-1. The largest absolute Gasteiger partial charge is 0.740 e. The molecule has 0 aliphatic carbocycles. The van der Waals surface area contributed by atoms with Crippen LogP contribution in [-0.4, -0.2) is 24.6 Å². The number of alkyl halides is 2. The van der Waals surface area contributed by atoms with E-state index in [0.717, 1.165) is 0 Å². The predicted octanol–water partition coefficient (Wildman–Crippen LogP) is 1.94. The molecule has 1 aromatic rings. The van der Waals surface area contributed by atoms with Crippen LogP contribution in [0.3, 0.4) is 0 Å². The van der Waals surface area contributed by atoms with E-state index >= 15 is 0 Å². The van der Waals surface area contributed by atoms with Gasteiger partial charge in [-0.15, -0.1) is 0 Å². The van der Waals surface area contributed by atoms with Crippen LogP contribution in [0.2, 0.25) is 0 Å². The van der Waals surface area contributed by atoms with Gasteiger partial charge in [0, 0.05) is 0 Å². The van der Waals surface area contributed by atoms with Gasteiger partial charge in [0.15, 0.2) is 0 Å². The highest BCUT2D eigenvalue weighted by Gasteiger charge is 2.43. The van der Waals surface area contributed by atoms with Crippen molar-refractivity contribution in [3.63, 3.8) is 0 Å². The highest BCUT2D eigenvalue weighted by Crippen LogP contribution is 2.23. The van der Waals surface area contributed by atoms with Crippen LogP contribution in [0.1, 0.15) is 5.56 Å². The molecule has 0 heterocycles. The molecule has 0 fully saturated rings. The number of hydrogen-bond donors (Lipinski definition) is 0. The zero-order valence-corrected chi connectivity index (χ0v) is 10.0. The van der Waals surface area contributed by atoms with Crippen LogP contribution < -0.4 is 4.74 Å². The highest BCUT2D eigenvalue weighted by molar-refractivity contribution is 7.86. The van der Waals surface area contributed by atoms with Gasteiger partial charge in [0.2, 0.25) is 10.1 Å². The maximum atomic E-state index is 12.6. The van der Waals surface area contributed by atoms with Crippen molar-refractivity contribution in [3.8, 4) is 5.75 Å². The number of hydrogen-bond acceptors (Lipinski definition) is 6. The third-order valence-electron chi connectivity index (χ3n) is 1.81. The van der Waals surface area contributed by atoms with E-state index in [0.29, 0.717) is 5.56 Å². The smallest absolute Gasteiger partial charge is 0.519 e. The van der Waals surface area contributed by atoms with Crippen LogP contribution in [0.25, 0.3) is 6.08 Å². The van der Waals surface area contributed by atoms with E-state index in [9.17, 15) is 26.5 Å². The van der Waals surface area contributed by atoms with Crippen molar-refractivity contribution in [2.75, 3.05) is 0 Å². The van der Waals surface area contributed by atoms with Crippen LogP contribution in [0.5, 0.6) is 5.75 Å². The van der Waals surface area contributed by atoms with Crippen LogP contribution in [0, 0.1) is 0 Å². The van der Waals surface area contributed by atoms with Gasteiger partial charge in [-0.2, -0.15) is 8.78 Å². The Balaban J connectivity index is 2.73. The summed E-state index contributed by atoms with van der Waals surface area (Å²) < 4.78 is 62.8. The lowest BCUT2D eigenvalue weighted by molar-refractivity contribution is -0.141. The Hall–Kier alpha value is -2.00. The van der Waals surface area contributed by atoms with Gasteiger partial charge in [-0.25, -0.2) is 13.2 Å². The zero-order chi connectivity index (χ0) is 14.7. The fourth-order valence-corrected chi connectivity index (χ4v) is 1.11. The molecule has 0 spiro atoms. The van der Waals surface area contributed by atoms with Crippen molar-refractivity contribution < 1.29 is 36.0 Å². The fraction of sp³-hybridized carbons (Fsp3) is 0.100. The lowest BCUT2D eigenvalue weighted by atomic mass is 10.2. The number of rotatable bonds is 4. The molecular weight excluding hydrogens is 286 g/mol. The SMILES string of the molecule is C=Cc1ccc(OC(=O)OC(F)(F)S(=O)(=O)[O-])cc1. The summed E-state index contributed by atoms with van der Waals surface area (Å²) in [5, 5.41) is 0. The molecule has 0 bridgehead atoms. The van der Waals surface area contributed by atoms with Crippen molar-refractivity contribution in [3.05, 3.63) is 36.4 Å². The molecule has 0 aliphatic rings. The maximum absolute atomic E-state index is 12.6. The van der Waals surface area contributed by atoms with Gasteiger partial charge < -0.3 is 14.0 Å². The average molecular weight is 293 g/mol. The summed E-state index contributed by atoms with van der Waals surface area (Å²) in [6.07, 6.45) is -0.531. The summed E-state index contributed by atoms with van der Waals surface area (Å²) in [6, 6.07) is 5.39. The van der Waals surface area contributed by atoms with Crippen LogP contribution in [0.15, 0.2) is 30.8 Å². The second-order valence-corrected chi connectivity index (χ2v) is 4.53. The summed E-state index contributed by atoms with van der Waals surface area (Å²) in [5.41, 5.74) is -4.52. The van der Waals surface area contributed by atoms with Crippen molar-refractivity contribution in [2.24, 2.45) is 0 Å². The molecule has 19 heavy (non-hydrogen) atoms. The Kier molecular flexibility index (Phi) is 4.22. The summed E-state index contributed by atoms with van der Waals surface area (Å²) in [6.45, 7) is 3.46. The molecule has 0 saturated carbocycles. The molecule has 0 amide bonds. The minimum Gasteiger partial charge on any atom is -0.740 e. The van der Waals surface area contributed by atoms with Crippen molar-refractivity contribution in [2.45, 2.75) is 5.44 Å². The second kappa shape index (κ2) is 5.33. The topological polar surface area (TPSA) is 92.7 Å². The van der Waals surface area contributed by atoms with Gasteiger partial charge in [-0.1, -0.05) is 24.8 Å². The van der Waals surface area contributed by atoms with Crippen LogP contribution >= 0.6 is 0 Å². The van der Waals surface area contributed by atoms with E-state index in [4.69, 9.17) is 0 Å². The maximum Gasteiger partial charge on any atom is 0.519 e. The zero-order valence-electron chi connectivity index (χ0n) is 9.21. The Labute approximate surface area is 107 Å². The molecule has 0 unspecified atom stereocenters. The van der Waals surface area contributed by atoms with Crippen molar-refractivity contribution in [1.82, 2.24) is 0 Å². The Bertz CT molecular complexity index is 579. The first-order chi connectivity index (χ1) is 8.65. The molecule has 0 radical (unpaired) electrons. The van der Waals surface area contributed by atoms with Crippen LogP contribution in [-0.2, 0) is 14.9 Å². The molecule has 104 valence electrons. The highest BCUT2D eigenvalue weighted by atomic mass is 32.2. The summed E-state index contributed by atoms with van der Waals surface area (Å²) in [7, 11) is -6.12. The van der Waals surface area contributed by atoms with Gasteiger partial charge >= 0.3 is 11.6 Å². The van der Waals surface area contributed by atoms with E-state index in [1.807, 2.05) is 0 Å². The second-order valence-electron chi connectivity index (χ2n) is 3.14. The first-order valence-electron chi connectivity index (χ1n) is 4.62. The molecule has 1 aromatic carbocycles. The molecule has 0 aliphatic heterocycles. The normalized spacial score (nSPS) is 11.7. The first kappa shape index (κ1) is 15.1. The van der Waals surface area contributed by atoms with E-state index in [1.54, 1.807) is 0 Å². The number of carbonyl (C=O) groups excluding carboxylic acids is 1. The molecule has 0 aromatic heterocycles. The average Bonchev–Trinajstić information content (AvgIpc) is 2.27. The molecule has 1 rings (SSSR count). The van der Waals surface area contributed by atoms with Gasteiger partial charge in [-0.3, -0.25) is 0 Å². The summed E-state index contributed by atoms with van der Waals surface area (Å²) >= 11 is 0. The van der Waals surface area contributed by atoms with Gasteiger partial charge in [0.05, 0.1) is 0 Å². The summed E-state index contributed by atoms with van der Waals surface area (Å²) in [4.78, 5) is 10.9. The number of halogens is 2. The van der Waals surface area contributed by atoms with Gasteiger partial charge in [-0.05, 0) is 17.7 Å². The molecule has 6 nitrogen and oxygen atoms in total. The third kappa shape index (κ3) is 4.00. The monoisotopic (exact) mass is 293 g/mol. The van der Waals surface area contributed by atoms with Crippen molar-refractivity contribution >= 4 is 22.3 Å². The van der Waals surface area contributed by atoms with Gasteiger partial charge in [0.1, 0.15) is 5.75 Å². The molecule has 9 heteroatoms. The molecule has 0 saturated heterocycles. The minimum atomic E-state index is -6.12. The molecular formula is C10H7F2O6S-. The quantitative estimate of drug-likeness (QED) is 0.478. The Morgan fingerprint density at radius 1 is 1.32 bits per heavy atom. The summed E-state index contributed by atoms with van der Waals surface area (Å²) in [5.74, 6) is -0.172. The van der Waals surface area contributed by atoms with E-state index < -0.39 is 21.7 Å². The fourth-order valence-electron chi connectivity index (χ4n) is 0.937. The minimum absolute atomic E-state index is 0.172. The Morgan fingerprint density at radius 2 is 1.84 bits per heavy atom. The lowest BCUT2D eigenvalue weighted by Gasteiger charge is -2.18. The lowest BCUT2D eigenvalue weighted by Crippen LogP contribution is -2.35.